The lowest BCUT2D eigenvalue weighted by atomic mass is 9.92. The highest BCUT2D eigenvalue weighted by molar-refractivity contribution is 7.14. The average Bonchev–Trinajstić information content (AvgIpc) is 3.87. The number of hydrogen-bond acceptors (Lipinski definition) is 8. The van der Waals surface area contributed by atoms with Crippen LogP contribution in [0.1, 0.15) is 99.2 Å². The van der Waals surface area contributed by atoms with E-state index >= 15 is 0 Å². The number of amides is 1. The Morgan fingerprint density at radius 2 is 1.53 bits per heavy atom. The Bertz CT molecular complexity index is 1780. The fourth-order valence-electron chi connectivity index (χ4n) is 6.51. The molecule has 0 saturated carbocycles. The molecule has 1 fully saturated rings. The van der Waals surface area contributed by atoms with Crippen molar-refractivity contribution in [3.8, 4) is 28.3 Å². The zero-order chi connectivity index (χ0) is 37.8. The first-order valence-corrected chi connectivity index (χ1v) is 19.9. The van der Waals surface area contributed by atoms with Gasteiger partial charge in [0, 0.05) is 47.3 Å². The van der Waals surface area contributed by atoms with Crippen LogP contribution in [0.15, 0.2) is 73.1 Å². The van der Waals surface area contributed by atoms with Gasteiger partial charge in [0.1, 0.15) is 11.8 Å². The van der Waals surface area contributed by atoms with E-state index in [0.717, 1.165) is 71.8 Å². The van der Waals surface area contributed by atoms with Crippen molar-refractivity contribution in [2.24, 2.45) is 5.92 Å². The highest BCUT2D eigenvalue weighted by atomic mass is 32.1. The van der Waals surface area contributed by atoms with Gasteiger partial charge in [-0.2, -0.15) is 0 Å². The van der Waals surface area contributed by atoms with Crippen LogP contribution in [0.5, 0.6) is 5.75 Å². The summed E-state index contributed by atoms with van der Waals surface area (Å²) in [6.07, 6.45) is 11.9. The zero-order valence-corrected chi connectivity index (χ0v) is 32.4. The second kappa shape index (κ2) is 19.1. The lowest BCUT2D eigenvalue weighted by Crippen LogP contribution is -2.50. The van der Waals surface area contributed by atoms with Crippen LogP contribution < -0.4 is 10.1 Å². The van der Waals surface area contributed by atoms with Crippen LogP contribution in [0.3, 0.4) is 0 Å². The van der Waals surface area contributed by atoms with Gasteiger partial charge in [-0.05, 0) is 79.6 Å². The third kappa shape index (κ3) is 11.8. The first kappa shape index (κ1) is 39.8. The Hall–Kier alpha value is -4.41. The number of benzene rings is 2. The molecule has 9 nitrogen and oxygen atoms in total. The summed E-state index contributed by atoms with van der Waals surface area (Å²) in [4.78, 5) is 52.5. The molecule has 282 valence electrons. The number of ether oxygens (including phenoxy) is 1. The maximum absolute atomic E-state index is 13.7. The molecule has 10 heteroatoms. The predicted molar refractivity (Wildman–Crippen MR) is 212 cm³/mol. The van der Waals surface area contributed by atoms with Gasteiger partial charge in [0.15, 0.2) is 11.6 Å². The summed E-state index contributed by atoms with van der Waals surface area (Å²) in [6, 6.07) is 18.4. The topological polar surface area (TPSA) is 122 Å². The molecule has 1 aliphatic rings. The minimum absolute atomic E-state index is 0.0234. The van der Waals surface area contributed by atoms with E-state index in [1.54, 1.807) is 0 Å². The molecule has 2 atom stereocenters. The number of likely N-dealkylation sites (tertiary alicyclic amines) is 1. The monoisotopic (exact) mass is 738 g/mol. The first-order valence-electron chi connectivity index (χ1n) is 19.0. The van der Waals surface area contributed by atoms with Gasteiger partial charge in [-0.1, -0.05) is 89.8 Å². The largest absolute Gasteiger partial charge is 0.494 e. The summed E-state index contributed by atoms with van der Waals surface area (Å²) in [7, 11) is 0. The Kier molecular flexibility index (Phi) is 14.3. The van der Waals surface area contributed by atoms with Crippen LogP contribution in [0, 0.1) is 5.92 Å². The third-order valence-electron chi connectivity index (χ3n) is 9.73. The minimum Gasteiger partial charge on any atom is -0.494 e. The van der Waals surface area contributed by atoms with Gasteiger partial charge in [-0.15, -0.1) is 11.3 Å². The number of carbonyl (C=O) groups is 3. The van der Waals surface area contributed by atoms with Crippen molar-refractivity contribution in [3.63, 3.8) is 0 Å². The molecule has 0 spiro atoms. The number of aromatic nitrogens is 2. The SMILES string of the molecule is CCCCCCCOc1ccc(-c2cnc(-c3ccc(C[C@H](CC(=O)c4ccc(C(C)(C)C)s4)C(=O)NC(CN4CCCC4)C(=O)O)cc3)nc2)cc1. The first-order chi connectivity index (χ1) is 25.5. The standard InChI is InChI=1S/C43H54N4O5S/c1-5-6-7-8-11-24-52-35-18-16-31(17-19-35)34-27-44-40(45-28-34)32-14-12-30(13-15-32)25-33(26-37(48)38-20-21-39(53-38)43(2,3)4)41(49)46-36(42(50)51)29-47-22-9-10-23-47/h12-21,27-28,33,36H,5-11,22-26,29H2,1-4H3,(H,46,49)(H,50,51)/t33-,36?/m1/s1. The van der Waals surface area contributed by atoms with Gasteiger partial charge in [0.2, 0.25) is 5.91 Å². The molecule has 4 aromatic rings. The van der Waals surface area contributed by atoms with Crippen molar-refractivity contribution in [2.45, 2.75) is 96.9 Å². The molecular formula is C43H54N4O5S. The van der Waals surface area contributed by atoms with E-state index < -0.39 is 23.8 Å². The van der Waals surface area contributed by atoms with Gasteiger partial charge in [-0.25, -0.2) is 14.8 Å². The molecule has 0 bridgehead atoms. The van der Waals surface area contributed by atoms with Crippen molar-refractivity contribution >= 4 is 29.0 Å². The Morgan fingerprint density at radius 3 is 2.15 bits per heavy atom. The van der Waals surface area contributed by atoms with E-state index in [9.17, 15) is 19.5 Å². The van der Waals surface area contributed by atoms with Gasteiger partial charge in [0.25, 0.3) is 0 Å². The van der Waals surface area contributed by atoms with Crippen LogP contribution in [-0.2, 0) is 21.4 Å². The maximum Gasteiger partial charge on any atom is 0.327 e. The number of Topliss-reactive ketones (excluding diaryl/α,β-unsaturated/α-hetero) is 1. The van der Waals surface area contributed by atoms with Crippen LogP contribution in [0.4, 0.5) is 0 Å². The molecule has 1 aliphatic heterocycles. The summed E-state index contributed by atoms with van der Waals surface area (Å²) in [5.74, 6) is -0.938. The highest BCUT2D eigenvalue weighted by Gasteiger charge is 2.30. The molecule has 53 heavy (non-hydrogen) atoms. The molecule has 1 saturated heterocycles. The zero-order valence-electron chi connectivity index (χ0n) is 31.6. The molecule has 3 heterocycles. The lowest BCUT2D eigenvalue weighted by molar-refractivity contribution is -0.143. The predicted octanol–water partition coefficient (Wildman–Crippen LogP) is 8.62. The number of ketones is 1. The summed E-state index contributed by atoms with van der Waals surface area (Å²) in [5, 5.41) is 12.7. The van der Waals surface area contributed by atoms with Crippen LogP contribution in [-0.4, -0.2) is 69.9 Å². The van der Waals surface area contributed by atoms with Gasteiger partial charge in [-0.3, -0.25) is 9.59 Å². The fourth-order valence-corrected chi connectivity index (χ4v) is 7.52. The number of rotatable bonds is 19. The van der Waals surface area contributed by atoms with E-state index in [0.29, 0.717) is 10.7 Å². The Labute approximate surface area is 318 Å². The van der Waals surface area contributed by atoms with E-state index in [-0.39, 0.29) is 30.6 Å². The quantitative estimate of drug-likeness (QED) is 0.0725. The van der Waals surface area contributed by atoms with E-state index in [1.807, 2.05) is 73.1 Å². The summed E-state index contributed by atoms with van der Waals surface area (Å²) in [5.41, 5.74) is 3.49. The van der Waals surface area contributed by atoms with Crippen LogP contribution >= 0.6 is 11.3 Å². The number of aliphatic carboxylic acids is 1. The molecule has 2 aromatic heterocycles. The molecule has 0 aliphatic carbocycles. The number of hydrogen-bond donors (Lipinski definition) is 2. The number of carboxylic acids is 1. The summed E-state index contributed by atoms with van der Waals surface area (Å²) < 4.78 is 5.91. The number of unbranched alkanes of at least 4 members (excludes halogenated alkanes) is 4. The molecule has 1 amide bonds. The van der Waals surface area contributed by atoms with Gasteiger partial charge in [0.05, 0.1) is 11.5 Å². The summed E-state index contributed by atoms with van der Waals surface area (Å²) in [6.45, 7) is 11.1. The molecule has 1 unspecified atom stereocenters. The van der Waals surface area contributed by atoms with E-state index in [2.05, 4.69) is 47.9 Å². The number of carbonyl (C=O) groups excluding carboxylic acids is 2. The number of thiophene rings is 1. The maximum atomic E-state index is 13.7. The third-order valence-corrected chi connectivity index (χ3v) is 11.3. The van der Waals surface area contributed by atoms with Crippen molar-refractivity contribution in [2.75, 3.05) is 26.2 Å². The van der Waals surface area contributed by atoms with Crippen LogP contribution in [0.25, 0.3) is 22.5 Å². The molecule has 2 N–H and O–H groups in total. The van der Waals surface area contributed by atoms with Crippen molar-refractivity contribution in [1.29, 1.82) is 0 Å². The van der Waals surface area contributed by atoms with Crippen LogP contribution in [0.2, 0.25) is 0 Å². The normalized spacial score (nSPS) is 14.5. The number of nitrogens with zero attached hydrogens (tertiary/aromatic N) is 3. The van der Waals surface area contributed by atoms with Gasteiger partial charge < -0.3 is 20.1 Å². The summed E-state index contributed by atoms with van der Waals surface area (Å²) >= 11 is 1.45. The highest BCUT2D eigenvalue weighted by Crippen LogP contribution is 2.31. The Balaban J connectivity index is 1.24. The second-order valence-electron chi connectivity index (χ2n) is 15.1. The minimum atomic E-state index is -1.08. The molecular weight excluding hydrogens is 685 g/mol. The van der Waals surface area contributed by atoms with Crippen molar-refractivity contribution < 1.29 is 24.2 Å². The smallest absolute Gasteiger partial charge is 0.327 e. The average molecular weight is 739 g/mol. The lowest BCUT2D eigenvalue weighted by Gasteiger charge is -2.24. The number of carboxylic acid groups (broad SMARTS) is 1. The van der Waals surface area contributed by atoms with Crippen molar-refractivity contribution in [3.05, 3.63) is 88.4 Å². The Morgan fingerprint density at radius 1 is 0.868 bits per heavy atom. The van der Waals surface area contributed by atoms with Gasteiger partial charge >= 0.3 is 5.97 Å². The van der Waals surface area contributed by atoms with E-state index in [4.69, 9.17) is 4.74 Å². The van der Waals surface area contributed by atoms with E-state index in [1.165, 1.54) is 37.0 Å². The molecule has 2 aromatic carbocycles. The second-order valence-corrected chi connectivity index (χ2v) is 16.2. The molecule has 0 radical (unpaired) electrons. The van der Waals surface area contributed by atoms with Crippen molar-refractivity contribution in [1.82, 2.24) is 20.2 Å². The molecule has 5 rings (SSSR count). The number of nitrogens with one attached hydrogen (secondary N) is 1. The fraction of sp³-hybridized carbons (Fsp3) is 0.465.